The summed E-state index contributed by atoms with van der Waals surface area (Å²) in [6.45, 7) is 0.334. The Kier molecular flexibility index (Phi) is 3.25. The van der Waals surface area contributed by atoms with E-state index in [0.29, 0.717) is 17.8 Å². The Bertz CT molecular complexity index is 654. The van der Waals surface area contributed by atoms with Crippen molar-refractivity contribution in [2.45, 2.75) is 6.61 Å². The van der Waals surface area contributed by atoms with Gasteiger partial charge in [0, 0.05) is 0 Å². The zero-order chi connectivity index (χ0) is 13.9. The zero-order valence-electron chi connectivity index (χ0n) is 10.5. The summed E-state index contributed by atoms with van der Waals surface area (Å²) < 4.78 is 29.5. The van der Waals surface area contributed by atoms with E-state index in [1.165, 1.54) is 18.2 Å². The van der Waals surface area contributed by atoms with Gasteiger partial charge in [-0.2, -0.15) is 0 Å². The molecule has 1 heterocycles. The van der Waals surface area contributed by atoms with Crippen molar-refractivity contribution in [1.82, 2.24) is 0 Å². The Morgan fingerprint density at radius 1 is 1.20 bits per heavy atom. The van der Waals surface area contributed by atoms with Crippen LogP contribution in [0.3, 0.4) is 0 Å². The van der Waals surface area contributed by atoms with Gasteiger partial charge >= 0.3 is 0 Å². The van der Waals surface area contributed by atoms with Gasteiger partial charge in [-0.1, -0.05) is 12.1 Å². The molecular weight excluding hydrogens is 263 g/mol. The lowest BCUT2D eigenvalue weighted by molar-refractivity contribution is 0.111. The molecule has 0 radical (unpaired) electrons. The molecule has 0 N–H and O–H groups in total. The highest BCUT2D eigenvalue weighted by Gasteiger charge is 2.14. The smallest absolute Gasteiger partial charge is 0.231 e. The van der Waals surface area contributed by atoms with Crippen LogP contribution in [0, 0.1) is 5.82 Å². The first-order valence-electron chi connectivity index (χ1n) is 6.03. The molecule has 1 aliphatic rings. The topological polar surface area (TPSA) is 44.8 Å². The second-order valence-corrected chi connectivity index (χ2v) is 4.25. The molecule has 0 amide bonds. The molecule has 5 heteroatoms. The predicted octanol–water partition coefficient (Wildman–Crippen LogP) is 2.95. The summed E-state index contributed by atoms with van der Waals surface area (Å²) in [5.74, 6) is 0.707. The fourth-order valence-corrected chi connectivity index (χ4v) is 1.96. The number of aldehydes is 1. The molecule has 0 spiro atoms. The second kappa shape index (κ2) is 5.21. The lowest BCUT2D eigenvalue weighted by Crippen LogP contribution is -2.00. The first-order valence-corrected chi connectivity index (χ1v) is 6.03. The van der Waals surface area contributed by atoms with Crippen molar-refractivity contribution >= 4 is 6.29 Å². The third kappa shape index (κ3) is 2.30. The predicted molar refractivity (Wildman–Crippen MR) is 68.7 cm³/mol. The van der Waals surface area contributed by atoms with Crippen molar-refractivity contribution in [3.63, 3.8) is 0 Å². The van der Waals surface area contributed by atoms with Gasteiger partial charge < -0.3 is 14.2 Å². The number of ether oxygens (including phenoxy) is 3. The van der Waals surface area contributed by atoms with Gasteiger partial charge in [0.25, 0.3) is 0 Å². The molecule has 0 saturated carbocycles. The van der Waals surface area contributed by atoms with Gasteiger partial charge in [-0.05, 0) is 29.8 Å². The Morgan fingerprint density at radius 2 is 2.05 bits per heavy atom. The van der Waals surface area contributed by atoms with E-state index in [0.717, 1.165) is 5.56 Å². The molecule has 0 atom stereocenters. The quantitative estimate of drug-likeness (QED) is 0.804. The van der Waals surface area contributed by atoms with Crippen LogP contribution in [0.1, 0.15) is 15.9 Å². The van der Waals surface area contributed by atoms with Crippen LogP contribution in [-0.4, -0.2) is 13.1 Å². The third-order valence-corrected chi connectivity index (χ3v) is 2.94. The van der Waals surface area contributed by atoms with E-state index >= 15 is 0 Å². The summed E-state index contributed by atoms with van der Waals surface area (Å²) in [5.41, 5.74) is 0.986. The van der Waals surface area contributed by atoms with Gasteiger partial charge in [-0.15, -0.1) is 0 Å². The number of benzene rings is 2. The molecule has 20 heavy (non-hydrogen) atoms. The Balaban J connectivity index is 1.78. The minimum atomic E-state index is -0.560. The van der Waals surface area contributed by atoms with Crippen LogP contribution in [0.2, 0.25) is 0 Å². The number of para-hydroxylation sites is 1. The maximum absolute atomic E-state index is 13.6. The molecule has 0 aliphatic carbocycles. The van der Waals surface area contributed by atoms with Gasteiger partial charge in [0.15, 0.2) is 29.4 Å². The molecule has 0 unspecified atom stereocenters. The number of carbonyl (C=O) groups is 1. The van der Waals surface area contributed by atoms with Gasteiger partial charge in [0.05, 0.1) is 5.56 Å². The Hall–Kier alpha value is -2.56. The van der Waals surface area contributed by atoms with Crippen LogP contribution in [0.15, 0.2) is 36.4 Å². The SMILES string of the molecule is O=Cc1cccc(F)c1OCc1ccc2c(c1)OCO2. The molecule has 0 saturated heterocycles. The number of hydrogen-bond donors (Lipinski definition) is 0. The highest BCUT2D eigenvalue weighted by Crippen LogP contribution is 2.33. The molecule has 0 fully saturated rings. The molecule has 2 aromatic rings. The standard InChI is InChI=1S/C15H11FO4/c16-12-3-1-2-11(7-17)15(12)18-8-10-4-5-13-14(6-10)20-9-19-13/h1-7H,8-9H2. The number of rotatable bonds is 4. The lowest BCUT2D eigenvalue weighted by atomic mass is 10.2. The van der Waals surface area contributed by atoms with Crippen LogP contribution in [-0.2, 0) is 6.61 Å². The summed E-state index contributed by atoms with van der Waals surface area (Å²) in [7, 11) is 0. The van der Waals surface area contributed by atoms with Crippen molar-refractivity contribution in [3.05, 3.63) is 53.3 Å². The molecule has 2 aromatic carbocycles. The summed E-state index contributed by atoms with van der Waals surface area (Å²) in [6, 6.07) is 9.56. The molecular formula is C15H11FO4. The van der Waals surface area contributed by atoms with Crippen LogP contribution in [0.4, 0.5) is 4.39 Å². The summed E-state index contributed by atoms with van der Waals surface area (Å²) in [4.78, 5) is 10.9. The van der Waals surface area contributed by atoms with E-state index in [-0.39, 0.29) is 24.7 Å². The number of hydrogen-bond acceptors (Lipinski definition) is 4. The van der Waals surface area contributed by atoms with Crippen LogP contribution in [0.5, 0.6) is 17.2 Å². The molecule has 102 valence electrons. The maximum Gasteiger partial charge on any atom is 0.231 e. The first kappa shape index (κ1) is 12.5. The molecule has 3 rings (SSSR count). The number of carbonyl (C=O) groups excluding carboxylic acids is 1. The first-order chi connectivity index (χ1) is 9.78. The average molecular weight is 274 g/mol. The highest BCUT2D eigenvalue weighted by atomic mass is 19.1. The van der Waals surface area contributed by atoms with Crippen LogP contribution >= 0.6 is 0 Å². The zero-order valence-corrected chi connectivity index (χ0v) is 10.5. The highest BCUT2D eigenvalue weighted by molar-refractivity contribution is 5.79. The normalized spacial score (nSPS) is 12.2. The van der Waals surface area contributed by atoms with E-state index in [1.54, 1.807) is 18.2 Å². The van der Waals surface area contributed by atoms with Crippen molar-refractivity contribution in [2.24, 2.45) is 0 Å². The minimum absolute atomic E-state index is 0.0415. The van der Waals surface area contributed by atoms with E-state index < -0.39 is 5.82 Å². The molecule has 4 nitrogen and oxygen atoms in total. The lowest BCUT2D eigenvalue weighted by Gasteiger charge is -2.09. The molecule has 0 aromatic heterocycles. The molecule has 0 bridgehead atoms. The van der Waals surface area contributed by atoms with Crippen molar-refractivity contribution in [1.29, 1.82) is 0 Å². The van der Waals surface area contributed by atoms with Crippen LogP contribution in [0.25, 0.3) is 0 Å². The monoisotopic (exact) mass is 274 g/mol. The van der Waals surface area contributed by atoms with Crippen molar-refractivity contribution < 1.29 is 23.4 Å². The number of fused-ring (bicyclic) bond motifs is 1. The minimum Gasteiger partial charge on any atom is -0.485 e. The van der Waals surface area contributed by atoms with Crippen molar-refractivity contribution in [2.75, 3.05) is 6.79 Å². The maximum atomic E-state index is 13.6. The van der Waals surface area contributed by atoms with E-state index in [1.807, 2.05) is 0 Å². The van der Waals surface area contributed by atoms with Gasteiger partial charge in [0.1, 0.15) is 6.61 Å². The fraction of sp³-hybridized carbons (Fsp3) is 0.133. The number of halogens is 1. The largest absolute Gasteiger partial charge is 0.485 e. The van der Waals surface area contributed by atoms with Gasteiger partial charge in [-0.25, -0.2) is 4.39 Å². The van der Waals surface area contributed by atoms with Crippen LogP contribution < -0.4 is 14.2 Å². The van der Waals surface area contributed by atoms with Gasteiger partial charge in [-0.3, -0.25) is 4.79 Å². The van der Waals surface area contributed by atoms with E-state index in [2.05, 4.69) is 0 Å². The summed E-state index contributed by atoms with van der Waals surface area (Å²) >= 11 is 0. The Labute approximate surface area is 114 Å². The van der Waals surface area contributed by atoms with E-state index in [9.17, 15) is 9.18 Å². The summed E-state index contributed by atoms with van der Waals surface area (Å²) in [6.07, 6.45) is 0.568. The third-order valence-electron chi connectivity index (χ3n) is 2.94. The Morgan fingerprint density at radius 3 is 2.90 bits per heavy atom. The van der Waals surface area contributed by atoms with Crippen molar-refractivity contribution in [3.8, 4) is 17.2 Å². The molecule has 1 aliphatic heterocycles. The fourth-order valence-electron chi connectivity index (χ4n) is 1.96. The van der Waals surface area contributed by atoms with Gasteiger partial charge in [0.2, 0.25) is 6.79 Å². The summed E-state index contributed by atoms with van der Waals surface area (Å²) in [5, 5.41) is 0. The van der Waals surface area contributed by atoms with E-state index in [4.69, 9.17) is 14.2 Å². The second-order valence-electron chi connectivity index (χ2n) is 4.25. The average Bonchev–Trinajstić information content (AvgIpc) is 2.93.